The molecule has 1 aromatic carbocycles. The van der Waals surface area contributed by atoms with Gasteiger partial charge in [0, 0.05) is 6.07 Å². The minimum absolute atomic E-state index is 0.0398. The molecule has 0 bridgehead atoms. The van der Waals surface area contributed by atoms with E-state index in [1.165, 1.54) is 0 Å². The van der Waals surface area contributed by atoms with E-state index >= 15 is 0 Å². The Labute approximate surface area is 117 Å². The van der Waals surface area contributed by atoms with Gasteiger partial charge in [-0.15, -0.1) is 0 Å². The molecule has 0 fully saturated rings. The van der Waals surface area contributed by atoms with Crippen molar-refractivity contribution in [2.24, 2.45) is 5.92 Å². The third-order valence-corrected chi connectivity index (χ3v) is 3.65. The Bertz CT molecular complexity index is 477. The molecule has 5 heteroatoms. The molecular weight excluding hydrogens is 264 g/mol. The first-order chi connectivity index (χ1) is 9.42. The maximum atomic E-state index is 13.5. The van der Waals surface area contributed by atoms with Gasteiger partial charge < -0.3 is 10.8 Å². The highest BCUT2D eigenvalue weighted by Gasteiger charge is 2.31. The Morgan fingerprint density at radius 1 is 1.35 bits per heavy atom. The lowest BCUT2D eigenvalue weighted by atomic mass is 9.80. The van der Waals surface area contributed by atoms with Crippen molar-refractivity contribution in [2.75, 3.05) is 5.73 Å². The summed E-state index contributed by atoms with van der Waals surface area (Å²) in [6, 6.07) is 1.70. The molecule has 0 amide bonds. The number of carboxylic acids is 1. The molecule has 0 aromatic heterocycles. The topological polar surface area (TPSA) is 63.3 Å². The monoisotopic (exact) mass is 285 g/mol. The molecule has 2 unspecified atom stereocenters. The number of anilines is 1. The molecule has 1 rings (SSSR count). The van der Waals surface area contributed by atoms with Gasteiger partial charge in [-0.1, -0.05) is 33.1 Å². The lowest BCUT2D eigenvalue weighted by molar-refractivity contribution is -0.140. The van der Waals surface area contributed by atoms with Crippen LogP contribution in [0.25, 0.3) is 0 Å². The van der Waals surface area contributed by atoms with Crippen LogP contribution in [0.5, 0.6) is 0 Å². The second-order valence-corrected chi connectivity index (χ2v) is 5.02. The number of aliphatic carboxylic acids is 1. The SMILES string of the molecule is CCCCC(CC)C(C(=O)O)c1cc(F)cc(F)c1N. The largest absolute Gasteiger partial charge is 0.481 e. The van der Waals surface area contributed by atoms with Gasteiger partial charge in [-0.25, -0.2) is 8.78 Å². The highest BCUT2D eigenvalue weighted by molar-refractivity contribution is 5.79. The summed E-state index contributed by atoms with van der Waals surface area (Å²) in [5.41, 5.74) is 5.38. The van der Waals surface area contributed by atoms with E-state index in [9.17, 15) is 18.7 Å². The highest BCUT2D eigenvalue weighted by Crippen LogP contribution is 2.36. The lowest BCUT2D eigenvalue weighted by Gasteiger charge is -2.24. The quantitative estimate of drug-likeness (QED) is 0.746. The Balaban J connectivity index is 3.22. The normalized spacial score (nSPS) is 14.0. The summed E-state index contributed by atoms with van der Waals surface area (Å²) in [5.74, 6) is -3.96. The molecule has 2 atom stereocenters. The van der Waals surface area contributed by atoms with E-state index in [-0.39, 0.29) is 17.2 Å². The number of unbranched alkanes of at least 4 members (excludes halogenated alkanes) is 1. The molecule has 3 nitrogen and oxygen atoms in total. The van der Waals surface area contributed by atoms with E-state index in [0.717, 1.165) is 18.9 Å². The van der Waals surface area contributed by atoms with Gasteiger partial charge >= 0.3 is 5.97 Å². The van der Waals surface area contributed by atoms with E-state index in [1.807, 2.05) is 13.8 Å². The molecular formula is C15H21F2NO2. The molecule has 1 aromatic rings. The summed E-state index contributed by atoms with van der Waals surface area (Å²) in [5, 5.41) is 9.43. The standard InChI is InChI=1S/C15H21F2NO2/c1-3-5-6-9(4-2)13(15(19)20)11-7-10(16)8-12(17)14(11)18/h7-9,13H,3-6,18H2,1-2H3,(H,19,20). The van der Waals surface area contributed by atoms with Crippen molar-refractivity contribution in [3.63, 3.8) is 0 Å². The number of hydrogen-bond donors (Lipinski definition) is 2. The molecule has 20 heavy (non-hydrogen) atoms. The fourth-order valence-electron chi connectivity index (χ4n) is 2.52. The number of halogens is 2. The van der Waals surface area contributed by atoms with Crippen LogP contribution in [-0.4, -0.2) is 11.1 Å². The molecule has 0 aliphatic carbocycles. The van der Waals surface area contributed by atoms with E-state index < -0.39 is 23.5 Å². The fourth-order valence-corrected chi connectivity index (χ4v) is 2.52. The third kappa shape index (κ3) is 3.68. The van der Waals surface area contributed by atoms with Crippen LogP contribution < -0.4 is 5.73 Å². The van der Waals surface area contributed by atoms with Crippen molar-refractivity contribution in [3.05, 3.63) is 29.3 Å². The third-order valence-electron chi connectivity index (χ3n) is 3.65. The van der Waals surface area contributed by atoms with Crippen LogP contribution in [-0.2, 0) is 4.79 Å². The van der Waals surface area contributed by atoms with Gasteiger partial charge in [-0.05, 0) is 24.0 Å². The zero-order valence-electron chi connectivity index (χ0n) is 11.8. The minimum Gasteiger partial charge on any atom is -0.481 e. The summed E-state index contributed by atoms with van der Waals surface area (Å²) in [6.07, 6.45) is 3.13. The number of carboxylic acid groups (broad SMARTS) is 1. The van der Waals surface area contributed by atoms with Gasteiger partial charge in [0.2, 0.25) is 0 Å². The fraction of sp³-hybridized carbons (Fsp3) is 0.533. The van der Waals surface area contributed by atoms with Crippen LogP contribution in [0.1, 0.15) is 51.0 Å². The predicted molar refractivity (Wildman–Crippen MR) is 74.5 cm³/mol. The number of carbonyl (C=O) groups is 1. The van der Waals surface area contributed by atoms with Crippen molar-refractivity contribution in [3.8, 4) is 0 Å². The molecule has 0 saturated carbocycles. The second kappa shape index (κ2) is 7.22. The van der Waals surface area contributed by atoms with Crippen LogP contribution >= 0.6 is 0 Å². The minimum atomic E-state index is -1.09. The van der Waals surface area contributed by atoms with Gasteiger partial charge in [0.05, 0.1) is 11.6 Å². The summed E-state index contributed by atoms with van der Waals surface area (Å²) in [7, 11) is 0. The number of nitrogens with two attached hydrogens (primary N) is 1. The molecule has 0 saturated heterocycles. The van der Waals surface area contributed by atoms with Gasteiger partial charge in [-0.3, -0.25) is 4.79 Å². The van der Waals surface area contributed by atoms with Gasteiger partial charge in [0.15, 0.2) is 0 Å². The van der Waals surface area contributed by atoms with Crippen LogP contribution in [0.15, 0.2) is 12.1 Å². The number of benzene rings is 1. The average molecular weight is 285 g/mol. The van der Waals surface area contributed by atoms with Crippen molar-refractivity contribution in [2.45, 2.75) is 45.4 Å². The van der Waals surface area contributed by atoms with Gasteiger partial charge in [0.25, 0.3) is 0 Å². The molecule has 0 heterocycles. The molecule has 0 radical (unpaired) electrons. The summed E-state index contributed by atoms with van der Waals surface area (Å²) >= 11 is 0. The van der Waals surface area contributed by atoms with E-state index in [4.69, 9.17) is 5.73 Å². The lowest BCUT2D eigenvalue weighted by Crippen LogP contribution is -2.23. The Morgan fingerprint density at radius 3 is 2.50 bits per heavy atom. The Morgan fingerprint density at radius 2 is 2.00 bits per heavy atom. The Hall–Kier alpha value is -1.65. The van der Waals surface area contributed by atoms with E-state index in [0.29, 0.717) is 18.9 Å². The van der Waals surface area contributed by atoms with Crippen molar-refractivity contribution in [1.29, 1.82) is 0 Å². The van der Waals surface area contributed by atoms with Crippen molar-refractivity contribution < 1.29 is 18.7 Å². The van der Waals surface area contributed by atoms with Crippen molar-refractivity contribution in [1.82, 2.24) is 0 Å². The molecule has 0 aliphatic heterocycles. The van der Waals surface area contributed by atoms with Crippen LogP contribution in [0.3, 0.4) is 0 Å². The van der Waals surface area contributed by atoms with Crippen LogP contribution in [0.4, 0.5) is 14.5 Å². The zero-order chi connectivity index (χ0) is 15.3. The summed E-state index contributed by atoms with van der Waals surface area (Å²) < 4.78 is 26.9. The Kier molecular flexibility index (Phi) is 5.92. The first kappa shape index (κ1) is 16.4. The highest BCUT2D eigenvalue weighted by atomic mass is 19.1. The van der Waals surface area contributed by atoms with E-state index in [1.54, 1.807) is 0 Å². The van der Waals surface area contributed by atoms with E-state index in [2.05, 4.69) is 0 Å². The maximum absolute atomic E-state index is 13.5. The van der Waals surface area contributed by atoms with Gasteiger partial charge in [0.1, 0.15) is 11.6 Å². The maximum Gasteiger partial charge on any atom is 0.311 e. The van der Waals surface area contributed by atoms with Crippen LogP contribution in [0, 0.1) is 17.6 Å². The summed E-state index contributed by atoms with van der Waals surface area (Å²) in [4.78, 5) is 11.5. The molecule has 112 valence electrons. The van der Waals surface area contributed by atoms with Crippen LogP contribution in [0.2, 0.25) is 0 Å². The predicted octanol–water partition coefficient (Wildman–Crippen LogP) is 3.93. The number of nitrogen functional groups attached to an aromatic ring is 1. The number of rotatable bonds is 7. The number of hydrogen-bond acceptors (Lipinski definition) is 2. The summed E-state index contributed by atoms with van der Waals surface area (Å²) in [6.45, 7) is 3.89. The van der Waals surface area contributed by atoms with Gasteiger partial charge in [-0.2, -0.15) is 0 Å². The van der Waals surface area contributed by atoms with Crippen molar-refractivity contribution >= 4 is 11.7 Å². The smallest absolute Gasteiger partial charge is 0.311 e. The molecule has 3 N–H and O–H groups in total. The average Bonchev–Trinajstić information content (AvgIpc) is 2.38. The molecule has 0 aliphatic rings. The first-order valence-electron chi connectivity index (χ1n) is 6.89. The second-order valence-electron chi connectivity index (χ2n) is 5.02. The first-order valence-corrected chi connectivity index (χ1v) is 6.89. The molecule has 0 spiro atoms. The zero-order valence-corrected chi connectivity index (χ0v) is 11.8.